The van der Waals surface area contributed by atoms with E-state index in [2.05, 4.69) is 27.0 Å². The average molecular weight is 387 g/mol. The Bertz CT molecular complexity index is 603. The van der Waals surface area contributed by atoms with Crippen molar-refractivity contribution in [2.45, 2.75) is 65.2 Å². The van der Waals surface area contributed by atoms with Gasteiger partial charge in [0.1, 0.15) is 0 Å². The summed E-state index contributed by atoms with van der Waals surface area (Å²) in [5.74, 6) is -0.970. The Labute approximate surface area is 169 Å². The van der Waals surface area contributed by atoms with Gasteiger partial charge in [-0.25, -0.2) is 9.59 Å². The van der Waals surface area contributed by atoms with Gasteiger partial charge >= 0.3 is 11.9 Å². The number of carbonyl (C=O) groups excluding carboxylic acids is 2. The maximum Gasteiger partial charge on any atom is 0.339 e. The molecule has 4 nitrogen and oxygen atoms in total. The summed E-state index contributed by atoms with van der Waals surface area (Å²) in [5, 5.41) is 0. The van der Waals surface area contributed by atoms with Crippen LogP contribution < -0.4 is 0 Å². The van der Waals surface area contributed by atoms with Gasteiger partial charge in [0.05, 0.1) is 24.3 Å². The van der Waals surface area contributed by atoms with Crippen molar-refractivity contribution in [3.63, 3.8) is 0 Å². The highest BCUT2D eigenvalue weighted by atomic mass is 16.5. The quantitative estimate of drug-likeness (QED) is 0.215. The summed E-state index contributed by atoms with van der Waals surface area (Å²) in [6.07, 6.45) is 7.28. The van der Waals surface area contributed by atoms with E-state index < -0.39 is 11.9 Å². The van der Waals surface area contributed by atoms with Gasteiger partial charge in [-0.2, -0.15) is 0 Å². The molecule has 0 saturated heterocycles. The zero-order chi connectivity index (χ0) is 20.8. The van der Waals surface area contributed by atoms with E-state index in [1.807, 2.05) is 0 Å². The van der Waals surface area contributed by atoms with Gasteiger partial charge in [-0.15, -0.1) is 0 Å². The molecule has 1 aromatic rings. The molecule has 0 unspecified atom stereocenters. The Morgan fingerprint density at radius 3 is 1.50 bits per heavy atom. The second kappa shape index (κ2) is 13.8. The minimum atomic E-state index is -0.485. The Morgan fingerprint density at radius 1 is 0.750 bits per heavy atom. The summed E-state index contributed by atoms with van der Waals surface area (Å²) < 4.78 is 10.7. The Morgan fingerprint density at radius 2 is 1.14 bits per heavy atom. The Kier molecular flexibility index (Phi) is 11.6. The normalized spacial score (nSPS) is 10.4. The monoisotopic (exact) mass is 386 g/mol. The van der Waals surface area contributed by atoms with Gasteiger partial charge in [-0.3, -0.25) is 0 Å². The second-order valence-electron chi connectivity index (χ2n) is 6.94. The lowest BCUT2D eigenvalue weighted by molar-refractivity contribution is 0.0451. The van der Waals surface area contributed by atoms with Gasteiger partial charge in [0.15, 0.2) is 0 Å². The van der Waals surface area contributed by atoms with Crippen LogP contribution in [0.1, 0.15) is 85.9 Å². The molecule has 0 N–H and O–H groups in total. The summed E-state index contributed by atoms with van der Waals surface area (Å²) in [7, 11) is 0. The van der Waals surface area contributed by atoms with Crippen molar-refractivity contribution >= 4 is 11.9 Å². The van der Waals surface area contributed by atoms with Gasteiger partial charge in [-0.1, -0.05) is 50.3 Å². The molecule has 0 aliphatic rings. The van der Waals surface area contributed by atoms with Crippen molar-refractivity contribution in [3.05, 3.63) is 59.7 Å². The highest BCUT2D eigenvalue weighted by Crippen LogP contribution is 2.14. The Hall–Kier alpha value is -2.36. The second-order valence-corrected chi connectivity index (χ2v) is 6.94. The van der Waals surface area contributed by atoms with E-state index in [9.17, 15) is 9.59 Å². The largest absolute Gasteiger partial charge is 0.462 e. The third kappa shape index (κ3) is 9.03. The molecule has 0 spiro atoms. The minimum absolute atomic E-state index is 0.254. The predicted octanol–water partition coefficient (Wildman–Crippen LogP) is 6.27. The predicted molar refractivity (Wildman–Crippen MR) is 114 cm³/mol. The molecule has 1 aromatic carbocycles. The topological polar surface area (TPSA) is 52.6 Å². The SMILES string of the molecule is C=C(CC)CCCCOC(=O)c1ccccc1C(=O)OCCCCC(=C)CC. The van der Waals surface area contributed by atoms with Crippen LogP contribution in [0.5, 0.6) is 0 Å². The molecule has 0 atom stereocenters. The molecule has 0 aromatic heterocycles. The van der Waals surface area contributed by atoms with E-state index in [-0.39, 0.29) is 11.1 Å². The zero-order valence-corrected chi connectivity index (χ0v) is 17.4. The van der Waals surface area contributed by atoms with Crippen molar-refractivity contribution in [1.82, 2.24) is 0 Å². The smallest absolute Gasteiger partial charge is 0.339 e. The third-order valence-electron chi connectivity index (χ3n) is 4.68. The minimum Gasteiger partial charge on any atom is -0.462 e. The van der Waals surface area contributed by atoms with Crippen molar-refractivity contribution in [3.8, 4) is 0 Å². The van der Waals surface area contributed by atoms with E-state index in [0.717, 1.165) is 51.4 Å². The number of rotatable bonds is 14. The maximum atomic E-state index is 12.4. The van der Waals surface area contributed by atoms with Crippen LogP contribution in [0.15, 0.2) is 48.6 Å². The van der Waals surface area contributed by atoms with Gasteiger partial charge in [0.25, 0.3) is 0 Å². The molecule has 0 bridgehead atoms. The molecule has 0 radical (unpaired) electrons. The lowest BCUT2D eigenvalue weighted by Gasteiger charge is -2.10. The van der Waals surface area contributed by atoms with Crippen molar-refractivity contribution in [1.29, 1.82) is 0 Å². The molecule has 0 aliphatic carbocycles. The number of hydrogen-bond donors (Lipinski definition) is 0. The molecular formula is C24H34O4. The standard InChI is InChI=1S/C24H34O4/c1-5-19(3)13-9-11-17-27-23(25)21-15-7-8-16-22(21)24(26)28-18-12-10-14-20(4)6-2/h7-8,15-16H,3-6,9-14,17-18H2,1-2H3. The highest BCUT2D eigenvalue weighted by molar-refractivity contribution is 6.03. The Balaban J connectivity index is 2.45. The van der Waals surface area contributed by atoms with Crippen molar-refractivity contribution < 1.29 is 19.1 Å². The van der Waals surface area contributed by atoms with Crippen LogP contribution in [0, 0.1) is 0 Å². The van der Waals surface area contributed by atoms with Crippen LogP contribution in [-0.4, -0.2) is 25.2 Å². The molecule has 0 amide bonds. The zero-order valence-electron chi connectivity index (χ0n) is 17.4. The molecule has 0 saturated carbocycles. The summed E-state index contributed by atoms with van der Waals surface area (Å²) in [6, 6.07) is 6.64. The van der Waals surface area contributed by atoms with Crippen LogP contribution in [0.3, 0.4) is 0 Å². The summed E-state index contributed by atoms with van der Waals surface area (Å²) >= 11 is 0. The summed E-state index contributed by atoms with van der Waals surface area (Å²) in [4.78, 5) is 24.7. The maximum absolute atomic E-state index is 12.4. The average Bonchev–Trinajstić information content (AvgIpc) is 2.72. The number of allylic oxidation sites excluding steroid dienone is 2. The number of unbranched alkanes of at least 4 members (excludes halogenated alkanes) is 2. The summed E-state index contributed by atoms with van der Waals surface area (Å²) in [5.41, 5.74) is 2.92. The fourth-order valence-electron chi connectivity index (χ4n) is 2.63. The molecule has 154 valence electrons. The lowest BCUT2D eigenvalue weighted by Crippen LogP contribution is -2.15. The van der Waals surface area contributed by atoms with Crippen LogP contribution >= 0.6 is 0 Å². The highest BCUT2D eigenvalue weighted by Gasteiger charge is 2.18. The van der Waals surface area contributed by atoms with Crippen molar-refractivity contribution in [2.75, 3.05) is 13.2 Å². The third-order valence-corrected chi connectivity index (χ3v) is 4.68. The van der Waals surface area contributed by atoms with Crippen LogP contribution in [0.4, 0.5) is 0 Å². The van der Waals surface area contributed by atoms with Gasteiger partial charge < -0.3 is 9.47 Å². The number of ether oxygens (including phenoxy) is 2. The first-order valence-electron chi connectivity index (χ1n) is 10.3. The molecule has 0 aliphatic heterocycles. The number of esters is 2. The van der Waals surface area contributed by atoms with Gasteiger partial charge in [0, 0.05) is 0 Å². The fraction of sp³-hybridized carbons (Fsp3) is 0.500. The number of benzene rings is 1. The molecule has 4 heteroatoms. The number of hydrogen-bond acceptors (Lipinski definition) is 4. The van der Waals surface area contributed by atoms with Crippen molar-refractivity contribution in [2.24, 2.45) is 0 Å². The molecule has 0 heterocycles. The van der Waals surface area contributed by atoms with E-state index in [1.54, 1.807) is 24.3 Å². The van der Waals surface area contributed by atoms with E-state index in [0.29, 0.717) is 13.2 Å². The van der Waals surface area contributed by atoms with Crippen LogP contribution in [0.25, 0.3) is 0 Å². The van der Waals surface area contributed by atoms with E-state index in [1.165, 1.54) is 11.1 Å². The fourth-order valence-corrected chi connectivity index (χ4v) is 2.63. The van der Waals surface area contributed by atoms with Crippen LogP contribution in [0.2, 0.25) is 0 Å². The van der Waals surface area contributed by atoms with Gasteiger partial charge in [0.2, 0.25) is 0 Å². The molecule has 28 heavy (non-hydrogen) atoms. The number of carbonyl (C=O) groups is 2. The molecule has 0 fully saturated rings. The first-order valence-corrected chi connectivity index (χ1v) is 10.3. The first kappa shape index (κ1) is 23.7. The molecular weight excluding hydrogens is 352 g/mol. The summed E-state index contributed by atoms with van der Waals surface area (Å²) in [6.45, 7) is 12.8. The van der Waals surface area contributed by atoms with E-state index >= 15 is 0 Å². The first-order chi connectivity index (χ1) is 13.5. The lowest BCUT2D eigenvalue weighted by atomic mass is 10.1. The van der Waals surface area contributed by atoms with Gasteiger partial charge in [-0.05, 0) is 63.5 Å². The van der Waals surface area contributed by atoms with E-state index in [4.69, 9.17) is 9.47 Å². The van der Waals surface area contributed by atoms with Crippen LogP contribution in [-0.2, 0) is 9.47 Å². The molecule has 1 rings (SSSR count).